The van der Waals surface area contributed by atoms with Crippen LogP contribution in [-0.4, -0.2) is 9.97 Å². The average Bonchev–Trinajstić information content (AvgIpc) is 2.85. The topological polar surface area (TPSA) is 28.7 Å². The van der Waals surface area contributed by atoms with Gasteiger partial charge in [-0.2, -0.15) is 0 Å². The Morgan fingerprint density at radius 2 is 1.62 bits per heavy atom. The first kappa shape index (κ1) is 14.2. The number of halogens is 2. The molecule has 0 spiro atoms. The maximum absolute atomic E-state index is 6.22. The molecular formula is C17H14Cl2N2. The summed E-state index contributed by atoms with van der Waals surface area (Å²) in [5, 5.41) is 1.33. The van der Waals surface area contributed by atoms with E-state index in [1.807, 2.05) is 43.3 Å². The minimum Gasteiger partial charge on any atom is -0.345 e. The van der Waals surface area contributed by atoms with E-state index < -0.39 is 0 Å². The molecular weight excluding hydrogens is 303 g/mol. The predicted molar refractivity (Wildman–Crippen MR) is 88.0 cm³/mol. The van der Waals surface area contributed by atoms with E-state index in [-0.39, 0.29) is 0 Å². The van der Waals surface area contributed by atoms with Crippen LogP contribution in [0.2, 0.25) is 10.0 Å². The minimum absolute atomic E-state index is 0.589. The van der Waals surface area contributed by atoms with E-state index in [1.165, 1.54) is 0 Å². The quantitative estimate of drug-likeness (QED) is 0.699. The third-order valence-electron chi connectivity index (χ3n) is 3.39. The molecule has 0 saturated carbocycles. The Balaban J connectivity index is 1.95. The third-order valence-corrected chi connectivity index (χ3v) is 4.10. The SMILES string of the molecule is Cc1[nH]c(Cc2c(Cl)cccc2Cl)nc1-c1ccccc1. The van der Waals surface area contributed by atoms with E-state index in [0.29, 0.717) is 16.5 Å². The van der Waals surface area contributed by atoms with Crippen molar-refractivity contribution in [3.8, 4) is 11.3 Å². The van der Waals surface area contributed by atoms with Crippen LogP contribution >= 0.6 is 23.2 Å². The van der Waals surface area contributed by atoms with Crippen LogP contribution in [0.4, 0.5) is 0 Å². The molecule has 0 atom stereocenters. The van der Waals surface area contributed by atoms with Gasteiger partial charge in [-0.1, -0.05) is 59.6 Å². The Morgan fingerprint density at radius 1 is 0.952 bits per heavy atom. The molecule has 4 heteroatoms. The molecule has 1 aromatic heterocycles. The Bertz CT molecular complexity index is 743. The summed E-state index contributed by atoms with van der Waals surface area (Å²) in [6, 6.07) is 15.6. The lowest BCUT2D eigenvalue weighted by molar-refractivity contribution is 1.02. The molecule has 0 amide bonds. The zero-order chi connectivity index (χ0) is 14.8. The Kier molecular flexibility index (Phi) is 4.00. The summed E-state index contributed by atoms with van der Waals surface area (Å²) in [6.07, 6.45) is 0.589. The van der Waals surface area contributed by atoms with Crippen LogP contribution in [0, 0.1) is 6.92 Å². The van der Waals surface area contributed by atoms with Gasteiger partial charge in [-0.15, -0.1) is 0 Å². The van der Waals surface area contributed by atoms with E-state index in [0.717, 1.165) is 28.3 Å². The highest BCUT2D eigenvalue weighted by molar-refractivity contribution is 6.36. The number of aromatic nitrogens is 2. The van der Waals surface area contributed by atoms with Gasteiger partial charge in [0, 0.05) is 27.7 Å². The monoisotopic (exact) mass is 316 g/mol. The van der Waals surface area contributed by atoms with E-state index >= 15 is 0 Å². The molecule has 0 aliphatic rings. The molecule has 0 aliphatic heterocycles. The van der Waals surface area contributed by atoms with Gasteiger partial charge >= 0.3 is 0 Å². The molecule has 0 aliphatic carbocycles. The second-order valence-corrected chi connectivity index (χ2v) is 5.71. The summed E-state index contributed by atoms with van der Waals surface area (Å²) >= 11 is 12.4. The summed E-state index contributed by atoms with van der Waals surface area (Å²) in [6.45, 7) is 2.02. The minimum atomic E-state index is 0.589. The van der Waals surface area contributed by atoms with Crippen LogP contribution in [0.5, 0.6) is 0 Å². The molecule has 0 fully saturated rings. The van der Waals surface area contributed by atoms with Gasteiger partial charge < -0.3 is 4.98 Å². The van der Waals surface area contributed by atoms with Crippen LogP contribution in [0.1, 0.15) is 17.1 Å². The molecule has 0 radical (unpaired) electrons. The number of aryl methyl sites for hydroxylation is 1. The van der Waals surface area contributed by atoms with Crippen LogP contribution in [-0.2, 0) is 6.42 Å². The zero-order valence-corrected chi connectivity index (χ0v) is 13.0. The maximum atomic E-state index is 6.22. The molecule has 2 nitrogen and oxygen atoms in total. The number of nitrogens with one attached hydrogen (secondary N) is 1. The highest BCUT2D eigenvalue weighted by atomic mass is 35.5. The van der Waals surface area contributed by atoms with Crippen molar-refractivity contribution in [2.45, 2.75) is 13.3 Å². The molecule has 0 bridgehead atoms. The molecule has 1 heterocycles. The summed E-state index contributed by atoms with van der Waals surface area (Å²) in [5.74, 6) is 0.862. The normalized spacial score (nSPS) is 10.8. The standard InChI is InChI=1S/C17H14Cl2N2/c1-11-17(12-6-3-2-4-7-12)21-16(20-11)10-13-14(18)8-5-9-15(13)19/h2-9H,10H2,1H3,(H,20,21). The number of benzene rings is 2. The molecule has 0 saturated heterocycles. The fourth-order valence-electron chi connectivity index (χ4n) is 2.35. The van der Waals surface area contributed by atoms with Crippen LogP contribution in [0.25, 0.3) is 11.3 Å². The van der Waals surface area contributed by atoms with Gasteiger partial charge in [0.25, 0.3) is 0 Å². The van der Waals surface area contributed by atoms with Gasteiger partial charge in [-0.05, 0) is 24.6 Å². The van der Waals surface area contributed by atoms with Crippen molar-refractivity contribution >= 4 is 23.2 Å². The number of H-pyrrole nitrogens is 1. The third kappa shape index (κ3) is 2.97. The largest absolute Gasteiger partial charge is 0.345 e. The van der Waals surface area contributed by atoms with E-state index in [9.17, 15) is 0 Å². The van der Waals surface area contributed by atoms with Gasteiger partial charge in [0.2, 0.25) is 0 Å². The lowest BCUT2D eigenvalue weighted by atomic mass is 10.1. The maximum Gasteiger partial charge on any atom is 0.111 e. The van der Waals surface area contributed by atoms with Crippen LogP contribution in [0.15, 0.2) is 48.5 Å². The fourth-order valence-corrected chi connectivity index (χ4v) is 2.88. The first-order valence-corrected chi connectivity index (χ1v) is 7.44. The summed E-state index contributed by atoms with van der Waals surface area (Å²) < 4.78 is 0. The highest BCUT2D eigenvalue weighted by Gasteiger charge is 2.12. The van der Waals surface area contributed by atoms with Gasteiger partial charge in [0.05, 0.1) is 5.69 Å². The summed E-state index contributed by atoms with van der Waals surface area (Å²) in [5.41, 5.74) is 4.00. The lowest BCUT2D eigenvalue weighted by Gasteiger charge is -2.04. The van der Waals surface area contributed by atoms with Crippen molar-refractivity contribution in [2.24, 2.45) is 0 Å². The number of imidazole rings is 1. The van der Waals surface area contributed by atoms with Crippen LogP contribution in [0.3, 0.4) is 0 Å². The first-order valence-electron chi connectivity index (χ1n) is 6.69. The van der Waals surface area contributed by atoms with E-state index in [4.69, 9.17) is 23.2 Å². The zero-order valence-electron chi connectivity index (χ0n) is 11.5. The Morgan fingerprint density at radius 3 is 2.29 bits per heavy atom. The molecule has 1 N–H and O–H groups in total. The number of nitrogens with zero attached hydrogens (tertiary/aromatic N) is 1. The molecule has 2 aromatic carbocycles. The number of hydrogen-bond donors (Lipinski definition) is 1. The van der Waals surface area contributed by atoms with Gasteiger partial charge in [0.1, 0.15) is 5.82 Å². The number of aromatic amines is 1. The van der Waals surface area contributed by atoms with E-state index in [2.05, 4.69) is 22.1 Å². The van der Waals surface area contributed by atoms with Crippen molar-refractivity contribution in [1.29, 1.82) is 0 Å². The second kappa shape index (κ2) is 5.92. The van der Waals surface area contributed by atoms with Crippen molar-refractivity contribution < 1.29 is 0 Å². The van der Waals surface area contributed by atoms with Crippen molar-refractivity contribution in [1.82, 2.24) is 9.97 Å². The lowest BCUT2D eigenvalue weighted by Crippen LogP contribution is -1.93. The van der Waals surface area contributed by atoms with Gasteiger partial charge in [-0.25, -0.2) is 4.98 Å². The van der Waals surface area contributed by atoms with Gasteiger partial charge in [0.15, 0.2) is 0 Å². The van der Waals surface area contributed by atoms with E-state index in [1.54, 1.807) is 0 Å². The smallest absolute Gasteiger partial charge is 0.111 e. The molecule has 0 unspecified atom stereocenters. The molecule has 106 valence electrons. The summed E-state index contributed by atoms with van der Waals surface area (Å²) in [4.78, 5) is 8.00. The summed E-state index contributed by atoms with van der Waals surface area (Å²) in [7, 11) is 0. The van der Waals surface area contributed by atoms with Crippen molar-refractivity contribution in [3.05, 3.63) is 75.7 Å². The second-order valence-electron chi connectivity index (χ2n) is 4.90. The Labute approximate surface area is 133 Å². The van der Waals surface area contributed by atoms with Crippen molar-refractivity contribution in [2.75, 3.05) is 0 Å². The Hall–Kier alpha value is -1.77. The van der Waals surface area contributed by atoms with Gasteiger partial charge in [-0.3, -0.25) is 0 Å². The van der Waals surface area contributed by atoms with Crippen LogP contribution < -0.4 is 0 Å². The predicted octanol–water partition coefficient (Wildman–Crippen LogP) is 5.28. The molecule has 3 rings (SSSR count). The fraction of sp³-hybridized carbons (Fsp3) is 0.118. The first-order chi connectivity index (χ1) is 10.1. The number of hydrogen-bond acceptors (Lipinski definition) is 1. The molecule has 21 heavy (non-hydrogen) atoms. The average molecular weight is 317 g/mol. The molecule has 3 aromatic rings. The van der Waals surface area contributed by atoms with Crippen molar-refractivity contribution in [3.63, 3.8) is 0 Å². The number of rotatable bonds is 3. The highest BCUT2D eigenvalue weighted by Crippen LogP contribution is 2.28.